The van der Waals surface area contributed by atoms with Gasteiger partial charge in [0.2, 0.25) is 5.91 Å². The maximum absolute atomic E-state index is 13.2. The van der Waals surface area contributed by atoms with Crippen molar-refractivity contribution in [1.82, 2.24) is 9.80 Å². The van der Waals surface area contributed by atoms with E-state index in [-0.39, 0.29) is 24.5 Å². The monoisotopic (exact) mass is 439 g/mol. The maximum Gasteiger partial charge on any atom is 0.322 e. The van der Waals surface area contributed by atoms with Crippen molar-refractivity contribution >= 4 is 17.6 Å². The summed E-state index contributed by atoms with van der Waals surface area (Å²) in [4.78, 5) is 29.5. The molecule has 1 atom stereocenters. The Labute approximate surface area is 190 Å². The standard InChI is InChI=1S/C25H33N3O4/c1-6-12-27(25(30)26-20-9-7-17(2)8-10-20)16-24(29)28-13-11-19-14-22(31-4)23(32-5)15-21(19)18(28)3/h7-10,14-15,18H,6,11-13,16H2,1-5H3,(H,26,30). The van der Waals surface area contributed by atoms with E-state index in [4.69, 9.17) is 9.47 Å². The molecule has 0 saturated carbocycles. The van der Waals surface area contributed by atoms with Gasteiger partial charge in [-0.1, -0.05) is 24.6 Å². The summed E-state index contributed by atoms with van der Waals surface area (Å²) < 4.78 is 10.9. The van der Waals surface area contributed by atoms with Gasteiger partial charge in [0.05, 0.1) is 20.3 Å². The van der Waals surface area contributed by atoms with Gasteiger partial charge in [0.1, 0.15) is 6.54 Å². The SMILES string of the molecule is CCCN(CC(=O)N1CCc2cc(OC)c(OC)cc2C1C)C(=O)Nc1ccc(C)cc1. The highest BCUT2D eigenvalue weighted by atomic mass is 16.5. The lowest BCUT2D eigenvalue weighted by Gasteiger charge is -2.37. The molecule has 1 aliphatic heterocycles. The summed E-state index contributed by atoms with van der Waals surface area (Å²) in [5, 5.41) is 2.90. The average Bonchev–Trinajstić information content (AvgIpc) is 2.79. The Morgan fingerprint density at radius 3 is 2.41 bits per heavy atom. The van der Waals surface area contributed by atoms with E-state index in [0.717, 1.165) is 35.2 Å². The molecule has 0 saturated heterocycles. The number of nitrogens with one attached hydrogen (secondary N) is 1. The van der Waals surface area contributed by atoms with E-state index in [0.29, 0.717) is 24.6 Å². The molecular formula is C25H33N3O4. The van der Waals surface area contributed by atoms with E-state index in [1.165, 1.54) is 0 Å². The highest BCUT2D eigenvalue weighted by Crippen LogP contribution is 2.37. The minimum atomic E-state index is -0.263. The second kappa shape index (κ2) is 10.4. The van der Waals surface area contributed by atoms with Crippen LogP contribution in [0.4, 0.5) is 10.5 Å². The van der Waals surface area contributed by atoms with Gasteiger partial charge in [-0.25, -0.2) is 4.79 Å². The molecular weight excluding hydrogens is 406 g/mol. The third-order valence-electron chi connectivity index (χ3n) is 5.92. The number of amides is 3. The zero-order valence-corrected chi connectivity index (χ0v) is 19.6. The van der Waals surface area contributed by atoms with Gasteiger partial charge in [0, 0.05) is 18.8 Å². The fraction of sp³-hybridized carbons (Fsp3) is 0.440. The van der Waals surface area contributed by atoms with Crippen molar-refractivity contribution in [3.8, 4) is 11.5 Å². The van der Waals surface area contributed by atoms with Crippen LogP contribution in [0.2, 0.25) is 0 Å². The van der Waals surface area contributed by atoms with Crippen LogP contribution in [0.1, 0.15) is 43.0 Å². The smallest absolute Gasteiger partial charge is 0.322 e. The molecule has 0 bridgehead atoms. The lowest BCUT2D eigenvalue weighted by Crippen LogP contribution is -2.47. The number of fused-ring (bicyclic) bond motifs is 1. The van der Waals surface area contributed by atoms with Crippen LogP contribution in [-0.2, 0) is 11.2 Å². The number of methoxy groups -OCH3 is 2. The summed E-state index contributed by atoms with van der Waals surface area (Å²) in [5.41, 5.74) is 4.04. The second-order valence-electron chi connectivity index (χ2n) is 8.14. The highest BCUT2D eigenvalue weighted by Gasteiger charge is 2.30. The fourth-order valence-corrected chi connectivity index (χ4v) is 4.10. The van der Waals surface area contributed by atoms with Crippen LogP contribution in [-0.4, -0.2) is 55.6 Å². The Morgan fingerprint density at radius 1 is 1.12 bits per heavy atom. The molecule has 1 N–H and O–H groups in total. The van der Waals surface area contributed by atoms with Gasteiger partial charge in [-0.15, -0.1) is 0 Å². The highest BCUT2D eigenvalue weighted by molar-refractivity contribution is 5.92. The first-order valence-electron chi connectivity index (χ1n) is 11.0. The van der Waals surface area contributed by atoms with Gasteiger partial charge in [-0.3, -0.25) is 4.79 Å². The lowest BCUT2D eigenvalue weighted by atomic mass is 9.92. The zero-order chi connectivity index (χ0) is 23.3. The summed E-state index contributed by atoms with van der Waals surface area (Å²) in [6, 6.07) is 11.2. The van der Waals surface area contributed by atoms with Crippen LogP contribution < -0.4 is 14.8 Å². The van der Waals surface area contributed by atoms with E-state index < -0.39 is 0 Å². The minimum Gasteiger partial charge on any atom is -0.493 e. The summed E-state index contributed by atoms with van der Waals surface area (Å²) in [7, 11) is 3.23. The molecule has 32 heavy (non-hydrogen) atoms. The van der Waals surface area contributed by atoms with Crippen molar-refractivity contribution < 1.29 is 19.1 Å². The predicted octanol–water partition coefficient (Wildman–Crippen LogP) is 4.40. The van der Waals surface area contributed by atoms with E-state index >= 15 is 0 Å². The Hall–Kier alpha value is -3.22. The summed E-state index contributed by atoms with van der Waals surface area (Å²) in [6.07, 6.45) is 1.50. The molecule has 172 valence electrons. The van der Waals surface area contributed by atoms with Crippen molar-refractivity contribution in [3.63, 3.8) is 0 Å². The predicted molar refractivity (Wildman–Crippen MR) is 125 cm³/mol. The second-order valence-corrected chi connectivity index (χ2v) is 8.14. The van der Waals surface area contributed by atoms with E-state index in [9.17, 15) is 9.59 Å². The number of hydrogen-bond donors (Lipinski definition) is 1. The quantitative estimate of drug-likeness (QED) is 0.694. The van der Waals surface area contributed by atoms with Crippen molar-refractivity contribution in [2.45, 2.75) is 39.7 Å². The molecule has 1 aliphatic rings. The van der Waals surface area contributed by atoms with E-state index in [2.05, 4.69) is 5.32 Å². The van der Waals surface area contributed by atoms with Gasteiger partial charge >= 0.3 is 6.03 Å². The molecule has 2 aromatic carbocycles. The molecule has 0 radical (unpaired) electrons. The Balaban J connectivity index is 1.72. The Kier molecular flexibility index (Phi) is 7.62. The van der Waals surface area contributed by atoms with E-state index in [1.807, 2.05) is 62.1 Å². The van der Waals surface area contributed by atoms with Crippen molar-refractivity contribution in [1.29, 1.82) is 0 Å². The molecule has 1 heterocycles. The van der Waals surface area contributed by atoms with Crippen LogP contribution >= 0.6 is 0 Å². The summed E-state index contributed by atoms with van der Waals surface area (Å²) in [5.74, 6) is 1.28. The fourth-order valence-electron chi connectivity index (χ4n) is 4.10. The number of anilines is 1. The molecule has 7 heteroatoms. The zero-order valence-electron chi connectivity index (χ0n) is 19.6. The lowest BCUT2D eigenvalue weighted by molar-refractivity contribution is -0.134. The van der Waals surface area contributed by atoms with Crippen molar-refractivity contribution in [3.05, 3.63) is 53.1 Å². The van der Waals surface area contributed by atoms with Gasteiger partial charge in [-0.2, -0.15) is 0 Å². The third kappa shape index (κ3) is 5.15. The van der Waals surface area contributed by atoms with Crippen LogP contribution in [0.3, 0.4) is 0 Å². The Bertz CT molecular complexity index is 958. The third-order valence-corrected chi connectivity index (χ3v) is 5.92. The molecule has 1 unspecified atom stereocenters. The van der Waals surface area contributed by atoms with Crippen LogP contribution in [0.5, 0.6) is 11.5 Å². The normalized spacial score (nSPS) is 15.0. The molecule has 7 nitrogen and oxygen atoms in total. The number of carbonyl (C=O) groups excluding carboxylic acids is 2. The number of rotatable bonds is 7. The molecule has 3 amide bonds. The Morgan fingerprint density at radius 2 is 1.78 bits per heavy atom. The average molecular weight is 440 g/mol. The van der Waals surface area contributed by atoms with Gasteiger partial charge < -0.3 is 24.6 Å². The number of benzene rings is 2. The number of aryl methyl sites for hydroxylation is 1. The number of urea groups is 1. The van der Waals surface area contributed by atoms with Gasteiger partial charge in [0.25, 0.3) is 0 Å². The first kappa shape index (κ1) is 23.4. The van der Waals surface area contributed by atoms with Crippen molar-refractivity contribution in [2.75, 3.05) is 39.2 Å². The number of nitrogens with zero attached hydrogens (tertiary/aromatic N) is 2. The summed E-state index contributed by atoms with van der Waals surface area (Å²) >= 11 is 0. The first-order chi connectivity index (χ1) is 15.4. The molecule has 0 fully saturated rings. The molecule has 0 aliphatic carbocycles. The number of carbonyl (C=O) groups is 2. The van der Waals surface area contributed by atoms with Crippen LogP contribution in [0, 0.1) is 6.92 Å². The largest absolute Gasteiger partial charge is 0.493 e. The minimum absolute atomic E-state index is 0.0402. The molecule has 0 aromatic heterocycles. The number of ether oxygens (including phenoxy) is 2. The molecule has 2 aromatic rings. The molecule has 0 spiro atoms. The first-order valence-corrected chi connectivity index (χ1v) is 11.0. The maximum atomic E-state index is 13.2. The van der Waals surface area contributed by atoms with Crippen LogP contribution in [0.25, 0.3) is 0 Å². The van der Waals surface area contributed by atoms with E-state index in [1.54, 1.807) is 19.1 Å². The molecule has 3 rings (SSSR count). The van der Waals surface area contributed by atoms with Crippen LogP contribution in [0.15, 0.2) is 36.4 Å². The van der Waals surface area contributed by atoms with Crippen molar-refractivity contribution in [2.24, 2.45) is 0 Å². The topological polar surface area (TPSA) is 71.1 Å². The van der Waals surface area contributed by atoms with Gasteiger partial charge in [-0.05, 0) is 62.1 Å². The van der Waals surface area contributed by atoms with Gasteiger partial charge in [0.15, 0.2) is 11.5 Å². The summed E-state index contributed by atoms with van der Waals surface area (Å²) in [6.45, 7) is 7.15. The number of hydrogen-bond acceptors (Lipinski definition) is 4.